The number of nitrogens with zero attached hydrogens (tertiary/aromatic N) is 2. The van der Waals surface area contributed by atoms with Crippen LogP contribution in [0.15, 0.2) is 47.4 Å². The molecule has 8 heteroatoms. The highest BCUT2D eigenvalue weighted by Gasteiger charge is 2.27. The van der Waals surface area contributed by atoms with Crippen molar-refractivity contribution in [2.24, 2.45) is 0 Å². The van der Waals surface area contributed by atoms with Gasteiger partial charge in [-0.15, -0.1) is 0 Å². The van der Waals surface area contributed by atoms with Gasteiger partial charge in [-0.1, -0.05) is 48.2 Å². The van der Waals surface area contributed by atoms with Gasteiger partial charge in [-0.2, -0.15) is 4.31 Å². The second-order valence-corrected chi connectivity index (χ2v) is 10.0. The SMILES string of the molecule is CN(Cc1ccc(Cl)cc1)C(=O)c1cc(S(=O)(=O)N2CCCCCC2)ccc1Cl. The van der Waals surface area contributed by atoms with Gasteiger partial charge in [0.2, 0.25) is 10.0 Å². The molecule has 0 bridgehead atoms. The Balaban J connectivity index is 1.84. The first-order chi connectivity index (χ1) is 13.8. The lowest BCUT2D eigenvalue weighted by Gasteiger charge is -2.22. The van der Waals surface area contributed by atoms with E-state index in [2.05, 4.69) is 0 Å². The van der Waals surface area contributed by atoms with Crippen LogP contribution in [0.3, 0.4) is 0 Å². The fourth-order valence-electron chi connectivity index (χ4n) is 3.40. The number of halogens is 2. The number of sulfonamides is 1. The highest BCUT2D eigenvalue weighted by Crippen LogP contribution is 2.26. The molecule has 0 spiro atoms. The van der Waals surface area contributed by atoms with Crippen molar-refractivity contribution in [2.75, 3.05) is 20.1 Å². The van der Waals surface area contributed by atoms with Crippen molar-refractivity contribution in [3.63, 3.8) is 0 Å². The summed E-state index contributed by atoms with van der Waals surface area (Å²) in [5.41, 5.74) is 1.09. The van der Waals surface area contributed by atoms with Crippen molar-refractivity contribution in [3.05, 3.63) is 63.6 Å². The molecular formula is C21H24Cl2N2O3S. The van der Waals surface area contributed by atoms with E-state index in [0.717, 1.165) is 31.2 Å². The summed E-state index contributed by atoms with van der Waals surface area (Å²) in [7, 11) is -2.00. The van der Waals surface area contributed by atoms with E-state index in [0.29, 0.717) is 24.7 Å². The van der Waals surface area contributed by atoms with Gasteiger partial charge < -0.3 is 4.90 Å². The normalized spacial score (nSPS) is 15.7. The Bertz CT molecular complexity index is 970. The summed E-state index contributed by atoms with van der Waals surface area (Å²) in [5, 5.41) is 0.852. The van der Waals surface area contributed by atoms with Gasteiger partial charge in [-0.3, -0.25) is 4.79 Å². The van der Waals surface area contributed by atoms with Crippen LogP contribution < -0.4 is 0 Å². The number of hydrogen-bond donors (Lipinski definition) is 0. The molecule has 5 nitrogen and oxygen atoms in total. The fourth-order valence-corrected chi connectivity index (χ4v) is 5.27. The summed E-state index contributed by atoms with van der Waals surface area (Å²) < 4.78 is 27.6. The smallest absolute Gasteiger partial charge is 0.255 e. The zero-order valence-corrected chi connectivity index (χ0v) is 18.6. The Morgan fingerprint density at radius 3 is 2.24 bits per heavy atom. The predicted molar refractivity (Wildman–Crippen MR) is 116 cm³/mol. The van der Waals surface area contributed by atoms with Crippen LogP contribution in [0.4, 0.5) is 0 Å². The number of rotatable bonds is 5. The summed E-state index contributed by atoms with van der Waals surface area (Å²) in [4.78, 5) is 14.6. The maximum Gasteiger partial charge on any atom is 0.255 e. The lowest BCUT2D eigenvalue weighted by Crippen LogP contribution is -2.32. The fraction of sp³-hybridized carbons (Fsp3) is 0.381. The predicted octanol–water partition coefficient (Wildman–Crippen LogP) is 4.83. The average molecular weight is 455 g/mol. The van der Waals surface area contributed by atoms with Crippen molar-refractivity contribution < 1.29 is 13.2 Å². The molecule has 0 unspecified atom stereocenters. The minimum absolute atomic E-state index is 0.104. The van der Waals surface area contributed by atoms with Crippen molar-refractivity contribution >= 4 is 39.1 Å². The molecule has 156 valence electrons. The van der Waals surface area contributed by atoms with E-state index in [4.69, 9.17) is 23.2 Å². The molecule has 2 aromatic carbocycles. The Kier molecular flexibility index (Phi) is 7.22. The highest BCUT2D eigenvalue weighted by molar-refractivity contribution is 7.89. The van der Waals surface area contributed by atoms with E-state index >= 15 is 0 Å². The average Bonchev–Trinajstić information content (AvgIpc) is 2.99. The van der Waals surface area contributed by atoms with Gasteiger partial charge in [-0.05, 0) is 48.7 Å². The quantitative estimate of drug-likeness (QED) is 0.649. The molecule has 0 aliphatic carbocycles. The summed E-state index contributed by atoms with van der Waals surface area (Å²) in [5.74, 6) is -0.335. The summed E-state index contributed by atoms with van der Waals surface area (Å²) >= 11 is 12.2. The molecule has 29 heavy (non-hydrogen) atoms. The van der Waals surface area contributed by atoms with Crippen LogP contribution >= 0.6 is 23.2 Å². The summed E-state index contributed by atoms with van der Waals surface area (Å²) in [6, 6.07) is 11.5. The molecule has 0 atom stereocenters. The molecule has 2 aromatic rings. The van der Waals surface area contributed by atoms with Crippen LogP contribution in [0.1, 0.15) is 41.6 Å². The largest absolute Gasteiger partial charge is 0.337 e. The number of benzene rings is 2. The molecule has 1 saturated heterocycles. The summed E-state index contributed by atoms with van der Waals surface area (Å²) in [6.07, 6.45) is 3.77. The van der Waals surface area contributed by atoms with Gasteiger partial charge in [0.25, 0.3) is 5.91 Å². The van der Waals surface area contributed by atoms with E-state index < -0.39 is 10.0 Å². The third kappa shape index (κ3) is 5.31. The number of hydrogen-bond acceptors (Lipinski definition) is 3. The first kappa shape index (κ1) is 22.1. The number of carbonyl (C=O) groups is 1. The molecule has 0 saturated carbocycles. The van der Waals surface area contributed by atoms with Crippen LogP contribution in [0.25, 0.3) is 0 Å². The zero-order valence-electron chi connectivity index (χ0n) is 16.3. The van der Waals surface area contributed by atoms with Gasteiger partial charge in [0.15, 0.2) is 0 Å². The van der Waals surface area contributed by atoms with Crippen molar-refractivity contribution in [1.29, 1.82) is 0 Å². The third-order valence-corrected chi connectivity index (χ3v) is 7.53. The minimum Gasteiger partial charge on any atom is -0.337 e. The maximum atomic E-state index is 13.1. The monoisotopic (exact) mass is 454 g/mol. The van der Waals surface area contributed by atoms with Crippen molar-refractivity contribution in [1.82, 2.24) is 9.21 Å². The Morgan fingerprint density at radius 1 is 1.00 bits per heavy atom. The van der Waals surface area contributed by atoms with Crippen molar-refractivity contribution in [3.8, 4) is 0 Å². The van der Waals surface area contributed by atoms with E-state index in [1.165, 1.54) is 27.4 Å². The highest BCUT2D eigenvalue weighted by atomic mass is 35.5. The Morgan fingerprint density at radius 2 is 1.62 bits per heavy atom. The lowest BCUT2D eigenvalue weighted by molar-refractivity contribution is 0.0785. The molecule has 0 aromatic heterocycles. The molecule has 1 amide bonds. The van der Waals surface area contributed by atoms with Crippen LogP contribution in [0, 0.1) is 0 Å². The Labute approximate surface area is 182 Å². The summed E-state index contributed by atoms with van der Waals surface area (Å²) in [6.45, 7) is 1.37. The molecular weight excluding hydrogens is 431 g/mol. The maximum absolute atomic E-state index is 13.1. The van der Waals surface area contributed by atoms with Crippen LogP contribution in [-0.2, 0) is 16.6 Å². The van der Waals surface area contributed by atoms with E-state index in [1.807, 2.05) is 12.1 Å². The third-order valence-electron chi connectivity index (χ3n) is 5.05. The van der Waals surface area contributed by atoms with Crippen LogP contribution in [-0.4, -0.2) is 43.7 Å². The topological polar surface area (TPSA) is 57.7 Å². The van der Waals surface area contributed by atoms with Gasteiger partial charge in [0.05, 0.1) is 15.5 Å². The van der Waals surface area contributed by atoms with Crippen molar-refractivity contribution in [2.45, 2.75) is 37.1 Å². The van der Waals surface area contributed by atoms with Gasteiger partial charge in [-0.25, -0.2) is 8.42 Å². The minimum atomic E-state index is -3.66. The van der Waals surface area contributed by atoms with E-state index in [-0.39, 0.29) is 21.4 Å². The Hall–Kier alpha value is -1.60. The standard InChI is InChI=1S/C21H24Cl2N2O3S/c1-24(15-16-6-8-17(22)9-7-16)21(26)19-14-18(10-11-20(19)23)29(27,28)25-12-4-2-3-5-13-25/h6-11,14H,2-5,12-13,15H2,1H3. The molecule has 1 aliphatic heterocycles. The second-order valence-electron chi connectivity index (χ2n) is 7.25. The molecule has 1 aliphatic rings. The van der Waals surface area contributed by atoms with Crippen LogP contribution in [0.5, 0.6) is 0 Å². The molecule has 0 radical (unpaired) electrons. The lowest BCUT2D eigenvalue weighted by atomic mass is 10.1. The van der Waals surface area contributed by atoms with E-state index in [9.17, 15) is 13.2 Å². The molecule has 1 fully saturated rings. The van der Waals surface area contributed by atoms with Gasteiger partial charge in [0.1, 0.15) is 0 Å². The zero-order chi connectivity index (χ0) is 21.0. The van der Waals surface area contributed by atoms with Gasteiger partial charge >= 0.3 is 0 Å². The molecule has 0 N–H and O–H groups in total. The second kappa shape index (κ2) is 9.47. The molecule has 3 rings (SSSR count). The first-order valence-corrected chi connectivity index (χ1v) is 11.8. The molecule has 1 heterocycles. The van der Waals surface area contributed by atoms with Crippen LogP contribution in [0.2, 0.25) is 10.0 Å². The van der Waals surface area contributed by atoms with Gasteiger partial charge in [0, 0.05) is 31.7 Å². The first-order valence-electron chi connectivity index (χ1n) is 9.58. The van der Waals surface area contributed by atoms with E-state index in [1.54, 1.807) is 19.2 Å². The number of carbonyl (C=O) groups excluding carboxylic acids is 1. The number of amides is 1.